The number of hydrogen-bond donors (Lipinski definition) is 1. The molecule has 1 saturated heterocycles. The van der Waals surface area contributed by atoms with E-state index >= 15 is 0 Å². The van der Waals surface area contributed by atoms with Gasteiger partial charge in [0.2, 0.25) is 0 Å². The average molecular weight is 373 g/mol. The molecule has 2 amide bonds. The lowest BCUT2D eigenvalue weighted by atomic mass is 9.96. The number of nitrogens with zero attached hydrogens (tertiary/aromatic N) is 4. The number of thioether (sulfide) groups is 1. The molecule has 8 heteroatoms. The van der Waals surface area contributed by atoms with Crippen LogP contribution in [0.3, 0.4) is 0 Å². The lowest BCUT2D eigenvalue weighted by Gasteiger charge is -2.31. The highest BCUT2D eigenvalue weighted by Crippen LogP contribution is 2.28. The summed E-state index contributed by atoms with van der Waals surface area (Å²) >= 11 is 1.58. The zero-order chi connectivity index (χ0) is 18.7. The minimum absolute atomic E-state index is 0.0183. The van der Waals surface area contributed by atoms with Crippen molar-refractivity contribution in [3.05, 3.63) is 35.7 Å². The molecule has 0 aliphatic carbocycles. The maximum absolute atomic E-state index is 12.5. The van der Waals surface area contributed by atoms with Crippen LogP contribution >= 0.6 is 11.8 Å². The molecule has 138 valence electrons. The quantitative estimate of drug-likeness (QED) is 0.658. The Labute approximate surface area is 157 Å². The van der Waals surface area contributed by atoms with E-state index in [0.29, 0.717) is 30.3 Å². The number of hydrogen-bond acceptors (Lipinski definition) is 5. The first-order valence-electron chi connectivity index (χ1n) is 8.59. The molecule has 0 spiro atoms. The van der Waals surface area contributed by atoms with Gasteiger partial charge in [0.25, 0.3) is 0 Å². The number of carbonyl (C=O) groups is 2. The van der Waals surface area contributed by atoms with E-state index in [1.54, 1.807) is 36.0 Å². The molecule has 2 heterocycles. The number of anilines is 1. The second-order valence-corrected chi connectivity index (χ2v) is 7.21. The number of amides is 2. The molecule has 2 aromatic rings. The van der Waals surface area contributed by atoms with Gasteiger partial charge in [0.05, 0.1) is 0 Å². The predicted molar refractivity (Wildman–Crippen MR) is 102 cm³/mol. The van der Waals surface area contributed by atoms with E-state index in [9.17, 15) is 9.59 Å². The lowest BCUT2D eigenvalue weighted by molar-refractivity contribution is 0.101. The number of rotatable bonds is 4. The SMILES string of the molecule is CSc1nnc(C2CCN(C(=O)Nc3cccc(C(C)=O)c3)CC2)n1C. The Morgan fingerprint density at radius 1 is 1.23 bits per heavy atom. The first kappa shape index (κ1) is 18.4. The molecule has 0 radical (unpaired) electrons. The van der Waals surface area contributed by atoms with Crippen molar-refractivity contribution in [3.8, 4) is 0 Å². The Bertz CT molecular complexity index is 812. The van der Waals surface area contributed by atoms with E-state index in [2.05, 4.69) is 15.5 Å². The maximum Gasteiger partial charge on any atom is 0.321 e. The molecule has 0 unspecified atom stereocenters. The third kappa shape index (κ3) is 3.90. The molecule has 0 atom stereocenters. The third-order valence-corrected chi connectivity index (χ3v) is 5.44. The summed E-state index contributed by atoms with van der Waals surface area (Å²) in [6, 6.07) is 6.88. The van der Waals surface area contributed by atoms with E-state index in [1.165, 1.54) is 6.92 Å². The van der Waals surface area contributed by atoms with Crippen molar-refractivity contribution in [2.45, 2.75) is 30.8 Å². The summed E-state index contributed by atoms with van der Waals surface area (Å²) in [6.45, 7) is 2.86. The first-order valence-corrected chi connectivity index (χ1v) is 9.82. The van der Waals surface area contributed by atoms with E-state index in [4.69, 9.17) is 0 Å². The fourth-order valence-corrected chi connectivity index (χ4v) is 3.71. The Kier molecular flexibility index (Phi) is 5.61. The second kappa shape index (κ2) is 7.90. The van der Waals surface area contributed by atoms with Crippen molar-refractivity contribution in [1.82, 2.24) is 19.7 Å². The standard InChI is InChI=1S/C18H23N5O2S/c1-12(24)14-5-4-6-15(11-14)19-17(25)23-9-7-13(8-10-23)16-20-21-18(26-3)22(16)2/h4-6,11,13H,7-10H2,1-3H3,(H,19,25). The highest BCUT2D eigenvalue weighted by Gasteiger charge is 2.27. The molecule has 26 heavy (non-hydrogen) atoms. The fraction of sp³-hybridized carbons (Fsp3) is 0.444. The molecule has 7 nitrogen and oxygen atoms in total. The van der Waals surface area contributed by atoms with Crippen molar-refractivity contribution in [1.29, 1.82) is 0 Å². The summed E-state index contributed by atoms with van der Waals surface area (Å²) < 4.78 is 2.04. The van der Waals surface area contributed by atoms with Gasteiger partial charge in [0, 0.05) is 37.3 Å². The highest BCUT2D eigenvalue weighted by molar-refractivity contribution is 7.98. The van der Waals surface area contributed by atoms with Crippen LogP contribution < -0.4 is 5.32 Å². The van der Waals surface area contributed by atoms with Gasteiger partial charge in [-0.05, 0) is 38.2 Å². The van der Waals surface area contributed by atoms with Gasteiger partial charge in [0.1, 0.15) is 5.82 Å². The largest absolute Gasteiger partial charge is 0.324 e. The second-order valence-electron chi connectivity index (χ2n) is 6.43. The van der Waals surface area contributed by atoms with Crippen LogP contribution in [-0.4, -0.2) is 50.8 Å². The van der Waals surface area contributed by atoms with Gasteiger partial charge in [-0.25, -0.2) is 4.79 Å². The van der Waals surface area contributed by atoms with Gasteiger partial charge in [-0.15, -0.1) is 10.2 Å². The zero-order valence-corrected chi connectivity index (χ0v) is 16.0. The molecule has 1 fully saturated rings. The summed E-state index contributed by atoms with van der Waals surface area (Å²) in [7, 11) is 1.99. The van der Waals surface area contributed by atoms with E-state index in [-0.39, 0.29) is 11.8 Å². The summed E-state index contributed by atoms with van der Waals surface area (Å²) in [6.07, 6.45) is 3.71. The normalized spacial score (nSPS) is 15.1. The van der Waals surface area contributed by atoms with Gasteiger partial charge in [-0.3, -0.25) is 4.79 Å². The molecule has 1 aliphatic rings. The van der Waals surface area contributed by atoms with Crippen LogP contribution in [0.1, 0.15) is 41.9 Å². The minimum Gasteiger partial charge on any atom is -0.324 e. The number of urea groups is 1. The number of nitrogens with one attached hydrogen (secondary N) is 1. The molecule has 1 N–H and O–H groups in total. The first-order chi connectivity index (χ1) is 12.5. The van der Waals surface area contributed by atoms with Crippen LogP contribution in [0.5, 0.6) is 0 Å². The van der Waals surface area contributed by atoms with Gasteiger partial charge < -0.3 is 14.8 Å². The van der Waals surface area contributed by atoms with E-state index in [0.717, 1.165) is 23.8 Å². The number of benzene rings is 1. The summed E-state index contributed by atoms with van der Waals surface area (Å²) in [5, 5.41) is 12.3. The number of aromatic nitrogens is 3. The van der Waals surface area contributed by atoms with Crippen molar-refractivity contribution in [2.75, 3.05) is 24.7 Å². The Hall–Kier alpha value is -2.35. The smallest absolute Gasteiger partial charge is 0.321 e. The Morgan fingerprint density at radius 2 is 1.96 bits per heavy atom. The zero-order valence-electron chi connectivity index (χ0n) is 15.2. The van der Waals surface area contributed by atoms with E-state index < -0.39 is 0 Å². The lowest BCUT2D eigenvalue weighted by Crippen LogP contribution is -2.40. The van der Waals surface area contributed by atoms with Crippen LogP contribution in [0, 0.1) is 0 Å². The van der Waals surface area contributed by atoms with Crippen LogP contribution in [0.4, 0.5) is 10.5 Å². The van der Waals surface area contributed by atoms with Crippen LogP contribution in [-0.2, 0) is 7.05 Å². The van der Waals surface area contributed by atoms with Crippen LogP contribution in [0.15, 0.2) is 29.4 Å². The minimum atomic E-state index is -0.132. The van der Waals surface area contributed by atoms with Crippen molar-refractivity contribution >= 4 is 29.3 Å². The van der Waals surface area contributed by atoms with Gasteiger partial charge in [-0.2, -0.15) is 0 Å². The molecular weight excluding hydrogens is 350 g/mol. The number of carbonyl (C=O) groups excluding carboxylic acids is 2. The highest BCUT2D eigenvalue weighted by atomic mass is 32.2. The molecule has 1 aromatic carbocycles. The Morgan fingerprint density at radius 3 is 2.58 bits per heavy atom. The number of piperidine rings is 1. The van der Waals surface area contributed by atoms with Crippen LogP contribution in [0.25, 0.3) is 0 Å². The molecular formula is C18H23N5O2S. The third-order valence-electron chi connectivity index (χ3n) is 4.72. The summed E-state index contributed by atoms with van der Waals surface area (Å²) in [4.78, 5) is 25.8. The number of Topliss-reactive ketones (excluding diaryl/α,β-unsaturated/α-hetero) is 1. The van der Waals surface area contributed by atoms with Crippen molar-refractivity contribution < 1.29 is 9.59 Å². The van der Waals surface area contributed by atoms with E-state index in [1.807, 2.05) is 22.8 Å². The fourth-order valence-electron chi connectivity index (χ4n) is 3.22. The predicted octanol–water partition coefficient (Wildman–Crippen LogP) is 3.15. The monoisotopic (exact) mass is 373 g/mol. The number of likely N-dealkylation sites (tertiary alicyclic amines) is 1. The van der Waals surface area contributed by atoms with Crippen LogP contribution in [0.2, 0.25) is 0 Å². The van der Waals surface area contributed by atoms with Crippen molar-refractivity contribution in [2.24, 2.45) is 7.05 Å². The summed E-state index contributed by atoms with van der Waals surface area (Å²) in [5.41, 5.74) is 1.23. The molecule has 0 bridgehead atoms. The Balaban J connectivity index is 1.59. The number of ketones is 1. The molecule has 1 aromatic heterocycles. The maximum atomic E-state index is 12.5. The summed E-state index contributed by atoms with van der Waals surface area (Å²) in [5.74, 6) is 1.29. The molecule has 3 rings (SSSR count). The van der Waals surface area contributed by atoms with Crippen molar-refractivity contribution in [3.63, 3.8) is 0 Å². The topological polar surface area (TPSA) is 80.1 Å². The van der Waals surface area contributed by atoms with Gasteiger partial charge >= 0.3 is 6.03 Å². The molecule has 1 aliphatic heterocycles. The average Bonchev–Trinajstić information content (AvgIpc) is 3.02. The molecule has 0 saturated carbocycles. The van der Waals surface area contributed by atoms with Gasteiger partial charge in [-0.1, -0.05) is 23.9 Å². The van der Waals surface area contributed by atoms with Gasteiger partial charge in [0.15, 0.2) is 10.9 Å².